The minimum Gasteiger partial charge on any atom is -0.368 e. The molecule has 2 aliphatic heterocycles. The summed E-state index contributed by atoms with van der Waals surface area (Å²) in [5.41, 5.74) is 1.88. The Bertz CT molecular complexity index is 682. The molecule has 0 unspecified atom stereocenters. The molecule has 2 aliphatic rings. The van der Waals surface area contributed by atoms with E-state index in [-0.39, 0.29) is 10.6 Å². The molecule has 0 aromatic heterocycles. The molecule has 2 fully saturated rings. The molecule has 6 nitrogen and oxygen atoms in total. The minimum atomic E-state index is -0.389. The number of likely N-dealkylation sites (tertiary alicyclic amines) is 1. The van der Waals surface area contributed by atoms with Gasteiger partial charge in [0.1, 0.15) is 0 Å². The molecule has 24 heavy (non-hydrogen) atoms. The van der Waals surface area contributed by atoms with Gasteiger partial charge in [-0.25, -0.2) is 0 Å². The monoisotopic (exact) mass is 346 g/mol. The van der Waals surface area contributed by atoms with Crippen molar-refractivity contribution >= 4 is 23.1 Å². The van der Waals surface area contributed by atoms with Gasteiger partial charge in [-0.3, -0.25) is 15.0 Å². The fourth-order valence-electron chi connectivity index (χ4n) is 3.88. The average Bonchev–Trinajstić information content (AvgIpc) is 3.23. The second-order valence-corrected chi connectivity index (χ2v) is 7.57. The summed E-state index contributed by atoms with van der Waals surface area (Å²) in [4.78, 5) is 15.7. The fraction of sp³-hybridized carbons (Fsp3) is 0.588. The highest BCUT2D eigenvalue weighted by molar-refractivity contribution is 7.99. The average molecular weight is 346 g/mol. The highest BCUT2D eigenvalue weighted by Gasteiger charge is 2.38. The van der Waals surface area contributed by atoms with Crippen LogP contribution in [0.4, 0.5) is 11.4 Å². The van der Waals surface area contributed by atoms with Crippen LogP contribution in [-0.2, 0) is 0 Å². The summed E-state index contributed by atoms with van der Waals surface area (Å²) in [6.07, 6.45) is 4.65. The first-order valence-electron chi connectivity index (χ1n) is 8.26. The zero-order valence-electron chi connectivity index (χ0n) is 14.1. The van der Waals surface area contributed by atoms with E-state index in [4.69, 9.17) is 0 Å². The largest absolute Gasteiger partial charge is 0.368 e. The Balaban J connectivity index is 1.93. The molecule has 1 aromatic rings. The lowest BCUT2D eigenvalue weighted by atomic mass is 10.1. The summed E-state index contributed by atoms with van der Waals surface area (Å²) in [5, 5.41) is 21.0. The van der Waals surface area contributed by atoms with Crippen LogP contribution in [0.1, 0.15) is 24.0 Å². The standard InChI is InChI=1S/C17H22N4O2S/c1-12-14(7-13(9-18)8-15(12)21(22)23)20-10-16(17(11-20)24-2)19-5-3-4-6-19/h7-8,16-17H,3-6,10-11H2,1-2H3/t16-,17-/m1/s1. The molecule has 2 saturated heterocycles. The van der Waals surface area contributed by atoms with E-state index in [2.05, 4.69) is 22.1 Å². The van der Waals surface area contributed by atoms with Crippen molar-refractivity contribution in [3.8, 4) is 6.07 Å². The highest BCUT2D eigenvalue weighted by Crippen LogP contribution is 2.36. The summed E-state index contributed by atoms with van der Waals surface area (Å²) < 4.78 is 0. The Morgan fingerprint density at radius 3 is 2.62 bits per heavy atom. The molecule has 3 rings (SSSR count). The molecule has 2 heterocycles. The first-order chi connectivity index (χ1) is 11.5. The number of nitrogens with zero attached hydrogens (tertiary/aromatic N) is 4. The summed E-state index contributed by atoms with van der Waals surface area (Å²) in [6.45, 7) is 5.82. The number of rotatable bonds is 4. The van der Waals surface area contributed by atoms with Crippen molar-refractivity contribution in [2.45, 2.75) is 31.1 Å². The van der Waals surface area contributed by atoms with Crippen LogP contribution in [0.15, 0.2) is 12.1 Å². The topological polar surface area (TPSA) is 73.4 Å². The first-order valence-corrected chi connectivity index (χ1v) is 9.55. The van der Waals surface area contributed by atoms with Crippen LogP contribution in [0.5, 0.6) is 0 Å². The number of thioether (sulfide) groups is 1. The third kappa shape index (κ3) is 3.08. The summed E-state index contributed by atoms with van der Waals surface area (Å²) >= 11 is 1.87. The summed E-state index contributed by atoms with van der Waals surface area (Å²) in [7, 11) is 0. The predicted octanol–water partition coefficient (Wildman–Crippen LogP) is 2.79. The molecule has 1 aromatic carbocycles. The van der Waals surface area contributed by atoms with Crippen LogP contribution in [0.2, 0.25) is 0 Å². The zero-order chi connectivity index (χ0) is 17.3. The van der Waals surface area contributed by atoms with Crippen LogP contribution in [0, 0.1) is 28.4 Å². The van der Waals surface area contributed by atoms with Gasteiger partial charge in [-0.2, -0.15) is 17.0 Å². The van der Waals surface area contributed by atoms with Crippen molar-refractivity contribution in [1.29, 1.82) is 5.26 Å². The van der Waals surface area contributed by atoms with Crippen molar-refractivity contribution in [1.82, 2.24) is 4.90 Å². The van der Waals surface area contributed by atoms with Gasteiger partial charge >= 0.3 is 0 Å². The first kappa shape index (κ1) is 17.1. The van der Waals surface area contributed by atoms with Gasteiger partial charge in [0.05, 0.1) is 22.1 Å². The smallest absolute Gasteiger partial charge is 0.275 e. The van der Waals surface area contributed by atoms with E-state index in [1.807, 2.05) is 11.8 Å². The molecule has 128 valence electrons. The van der Waals surface area contributed by atoms with Crippen LogP contribution in [0.25, 0.3) is 0 Å². The van der Waals surface area contributed by atoms with Crippen LogP contribution in [0.3, 0.4) is 0 Å². The van der Waals surface area contributed by atoms with E-state index in [9.17, 15) is 15.4 Å². The Labute approximate surface area is 146 Å². The SMILES string of the molecule is CS[C@@H]1CN(c2cc(C#N)cc([N+](=O)[O-])c2C)C[C@H]1N1CCCC1. The van der Waals surface area contributed by atoms with Gasteiger partial charge in [0, 0.05) is 36.1 Å². The maximum absolute atomic E-state index is 11.3. The molecule has 0 radical (unpaired) electrons. The van der Waals surface area contributed by atoms with Gasteiger partial charge in [0.25, 0.3) is 5.69 Å². The van der Waals surface area contributed by atoms with Crippen molar-refractivity contribution < 1.29 is 4.92 Å². The normalized spacial score (nSPS) is 24.3. The van der Waals surface area contributed by atoms with Crippen molar-refractivity contribution in [3.63, 3.8) is 0 Å². The lowest BCUT2D eigenvalue weighted by Crippen LogP contribution is -2.40. The van der Waals surface area contributed by atoms with Crippen LogP contribution < -0.4 is 4.90 Å². The molecule has 2 atom stereocenters. The number of nitriles is 1. The highest BCUT2D eigenvalue weighted by atomic mass is 32.2. The fourth-order valence-corrected chi connectivity index (χ4v) is 4.78. The van der Waals surface area contributed by atoms with E-state index in [1.54, 1.807) is 13.0 Å². The molecule has 0 aliphatic carbocycles. The Morgan fingerprint density at radius 1 is 1.33 bits per heavy atom. The third-order valence-electron chi connectivity index (χ3n) is 5.17. The van der Waals surface area contributed by atoms with Gasteiger partial charge in [0.15, 0.2) is 0 Å². The van der Waals surface area contributed by atoms with Gasteiger partial charge in [-0.05, 0) is 45.2 Å². The quantitative estimate of drug-likeness (QED) is 0.616. The van der Waals surface area contributed by atoms with E-state index in [0.29, 0.717) is 22.4 Å². The Hall–Kier alpha value is -1.78. The number of benzene rings is 1. The Kier molecular flexibility index (Phi) is 4.97. The molecule has 0 saturated carbocycles. The van der Waals surface area contributed by atoms with Gasteiger partial charge in [-0.1, -0.05) is 0 Å². The molecule has 0 amide bonds. The molecule has 7 heteroatoms. The minimum absolute atomic E-state index is 0.0365. The van der Waals surface area contributed by atoms with Crippen molar-refractivity contribution in [2.75, 3.05) is 37.3 Å². The van der Waals surface area contributed by atoms with Gasteiger partial charge < -0.3 is 4.90 Å². The summed E-state index contributed by atoms with van der Waals surface area (Å²) in [6, 6.07) is 5.71. The van der Waals surface area contributed by atoms with E-state index in [1.165, 1.54) is 18.9 Å². The number of nitro benzene ring substituents is 1. The second-order valence-electron chi connectivity index (χ2n) is 6.50. The van der Waals surface area contributed by atoms with Gasteiger partial charge in [-0.15, -0.1) is 0 Å². The molecule has 0 N–H and O–H groups in total. The van der Waals surface area contributed by atoms with E-state index < -0.39 is 0 Å². The van der Waals surface area contributed by atoms with Gasteiger partial charge in [0.2, 0.25) is 0 Å². The number of hydrogen-bond acceptors (Lipinski definition) is 6. The number of hydrogen-bond donors (Lipinski definition) is 0. The Morgan fingerprint density at radius 2 is 2.04 bits per heavy atom. The van der Waals surface area contributed by atoms with E-state index >= 15 is 0 Å². The van der Waals surface area contributed by atoms with Crippen LogP contribution in [-0.4, -0.2) is 53.5 Å². The third-order valence-corrected chi connectivity index (χ3v) is 6.24. The predicted molar refractivity (Wildman–Crippen MR) is 96.7 cm³/mol. The molecular weight excluding hydrogens is 324 g/mol. The van der Waals surface area contributed by atoms with Crippen LogP contribution >= 0.6 is 11.8 Å². The van der Waals surface area contributed by atoms with Crippen molar-refractivity contribution in [3.05, 3.63) is 33.4 Å². The lowest BCUT2D eigenvalue weighted by Gasteiger charge is -2.27. The molecular formula is C17H22N4O2S. The maximum atomic E-state index is 11.3. The lowest BCUT2D eigenvalue weighted by molar-refractivity contribution is -0.385. The number of nitro groups is 1. The van der Waals surface area contributed by atoms with Crippen molar-refractivity contribution in [2.24, 2.45) is 0 Å². The molecule has 0 bridgehead atoms. The zero-order valence-corrected chi connectivity index (χ0v) is 14.9. The number of anilines is 1. The summed E-state index contributed by atoms with van der Waals surface area (Å²) in [5.74, 6) is 0. The maximum Gasteiger partial charge on any atom is 0.275 e. The second kappa shape index (κ2) is 6.99. The molecule has 0 spiro atoms. The van der Waals surface area contributed by atoms with E-state index in [0.717, 1.165) is 31.9 Å².